The number of carbonyl (C=O) groups is 1. The molecule has 0 spiro atoms. The summed E-state index contributed by atoms with van der Waals surface area (Å²) in [6.07, 6.45) is 1.67. The number of aryl methyl sites for hydroxylation is 1. The first-order valence-electron chi connectivity index (χ1n) is 5.23. The first-order chi connectivity index (χ1) is 8.20. The van der Waals surface area contributed by atoms with Crippen LogP contribution in [-0.2, 0) is 4.74 Å². The number of H-pyrrole nitrogens is 1. The lowest BCUT2D eigenvalue weighted by Gasteiger charge is -1.96. The second-order valence-electron chi connectivity index (χ2n) is 3.41. The van der Waals surface area contributed by atoms with Gasteiger partial charge in [0, 0.05) is 17.5 Å². The zero-order valence-electron chi connectivity index (χ0n) is 9.60. The summed E-state index contributed by atoms with van der Waals surface area (Å²) in [6.45, 7) is 3.92. The first kappa shape index (κ1) is 11.3. The van der Waals surface area contributed by atoms with Crippen molar-refractivity contribution in [3.63, 3.8) is 0 Å². The van der Waals surface area contributed by atoms with E-state index in [0.717, 1.165) is 11.3 Å². The topological polar surface area (TPSA) is 80.8 Å². The van der Waals surface area contributed by atoms with Gasteiger partial charge in [0.15, 0.2) is 5.82 Å². The summed E-state index contributed by atoms with van der Waals surface area (Å²) in [5, 5.41) is 6.52. The molecule has 0 aromatic carbocycles. The van der Waals surface area contributed by atoms with E-state index >= 15 is 0 Å². The summed E-state index contributed by atoms with van der Waals surface area (Å²) >= 11 is 0. The summed E-state index contributed by atoms with van der Waals surface area (Å²) in [5.74, 6) is 0.0619. The average Bonchev–Trinajstić information content (AvgIpc) is 2.78. The molecular formula is C11H12N4O2. The van der Waals surface area contributed by atoms with Crippen LogP contribution in [0.3, 0.4) is 0 Å². The molecule has 2 aromatic rings. The smallest absolute Gasteiger partial charge is 0.375 e. The summed E-state index contributed by atoms with van der Waals surface area (Å²) in [7, 11) is 0. The highest BCUT2D eigenvalue weighted by atomic mass is 16.5. The molecule has 88 valence electrons. The molecule has 2 heterocycles. The Morgan fingerprint density at radius 2 is 2.35 bits per heavy atom. The van der Waals surface area contributed by atoms with E-state index in [9.17, 15) is 4.79 Å². The number of ether oxygens (including phenoxy) is 1. The van der Waals surface area contributed by atoms with Gasteiger partial charge in [-0.05, 0) is 26.0 Å². The van der Waals surface area contributed by atoms with Crippen molar-refractivity contribution in [3.8, 4) is 11.4 Å². The SMILES string of the molecule is CCOC(=O)c1nc(-c2ccnc(C)c2)n[nH]1. The van der Waals surface area contributed by atoms with Gasteiger partial charge in [-0.1, -0.05) is 0 Å². The average molecular weight is 232 g/mol. The number of pyridine rings is 1. The van der Waals surface area contributed by atoms with Crippen LogP contribution in [0.15, 0.2) is 18.3 Å². The number of hydrogen-bond donors (Lipinski definition) is 1. The predicted molar refractivity (Wildman–Crippen MR) is 60.3 cm³/mol. The highest BCUT2D eigenvalue weighted by Crippen LogP contribution is 2.14. The van der Waals surface area contributed by atoms with Gasteiger partial charge >= 0.3 is 5.97 Å². The van der Waals surface area contributed by atoms with Crippen LogP contribution < -0.4 is 0 Å². The van der Waals surface area contributed by atoms with Crippen molar-refractivity contribution in [3.05, 3.63) is 29.8 Å². The molecule has 17 heavy (non-hydrogen) atoms. The van der Waals surface area contributed by atoms with Crippen molar-refractivity contribution < 1.29 is 9.53 Å². The van der Waals surface area contributed by atoms with Crippen LogP contribution in [0.4, 0.5) is 0 Å². The van der Waals surface area contributed by atoms with Gasteiger partial charge in [-0.2, -0.15) is 5.10 Å². The highest BCUT2D eigenvalue weighted by molar-refractivity contribution is 5.85. The fourth-order valence-electron chi connectivity index (χ4n) is 1.37. The third-order valence-electron chi connectivity index (χ3n) is 2.11. The molecule has 0 atom stereocenters. The largest absolute Gasteiger partial charge is 0.460 e. The zero-order valence-corrected chi connectivity index (χ0v) is 9.60. The molecule has 0 amide bonds. The number of esters is 1. The lowest BCUT2D eigenvalue weighted by Crippen LogP contribution is -2.06. The van der Waals surface area contributed by atoms with Gasteiger partial charge in [0.1, 0.15) is 0 Å². The number of rotatable bonds is 3. The molecule has 0 aliphatic carbocycles. The lowest BCUT2D eigenvalue weighted by molar-refractivity contribution is 0.0512. The molecule has 0 bridgehead atoms. The molecule has 2 rings (SSSR count). The van der Waals surface area contributed by atoms with E-state index in [4.69, 9.17) is 4.74 Å². The highest BCUT2D eigenvalue weighted by Gasteiger charge is 2.13. The Bertz CT molecular complexity index is 536. The molecule has 6 nitrogen and oxygen atoms in total. The third-order valence-corrected chi connectivity index (χ3v) is 2.11. The molecule has 0 aliphatic rings. The second kappa shape index (κ2) is 4.73. The molecule has 1 N–H and O–H groups in total. The molecule has 0 fully saturated rings. The van der Waals surface area contributed by atoms with Crippen molar-refractivity contribution in [2.75, 3.05) is 6.61 Å². The predicted octanol–water partition coefficient (Wildman–Crippen LogP) is 1.35. The monoisotopic (exact) mass is 232 g/mol. The lowest BCUT2D eigenvalue weighted by atomic mass is 10.2. The summed E-state index contributed by atoms with van der Waals surface area (Å²) < 4.78 is 4.82. The van der Waals surface area contributed by atoms with Gasteiger partial charge in [0.05, 0.1) is 6.61 Å². The maximum atomic E-state index is 11.4. The number of nitrogens with one attached hydrogen (secondary N) is 1. The molecule has 0 aliphatic heterocycles. The Kier molecular flexibility index (Phi) is 3.13. The van der Waals surface area contributed by atoms with Gasteiger partial charge < -0.3 is 4.74 Å². The Hall–Kier alpha value is -2.24. The minimum absolute atomic E-state index is 0.108. The van der Waals surface area contributed by atoms with Crippen molar-refractivity contribution in [2.45, 2.75) is 13.8 Å². The molecule has 2 aromatic heterocycles. The van der Waals surface area contributed by atoms with Crippen LogP contribution in [0.1, 0.15) is 23.2 Å². The maximum absolute atomic E-state index is 11.4. The quantitative estimate of drug-likeness (QED) is 0.808. The van der Waals surface area contributed by atoms with E-state index in [1.807, 2.05) is 13.0 Å². The first-order valence-corrected chi connectivity index (χ1v) is 5.23. The zero-order chi connectivity index (χ0) is 12.3. The molecular weight excluding hydrogens is 220 g/mol. The number of aromatic nitrogens is 4. The molecule has 0 radical (unpaired) electrons. The van der Waals surface area contributed by atoms with Crippen LogP contribution in [-0.4, -0.2) is 32.7 Å². The minimum atomic E-state index is -0.503. The Labute approximate surface area is 98.1 Å². The van der Waals surface area contributed by atoms with Crippen LogP contribution in [0.2, 0.25) is 0 Å². The van der Waals surface area contributed by atoms with Gasteiger partial charge in [0.2, 0.25) is 5.82 Å². The van der Waals surface area contributed by atoms with E-state index in [-0.39, 0.29) is 5.82 Å². The second-order valence-corrected chi connectivity index (χ2v) is 3.41. The summed E-state index contributed by atoms with van der Waals surface area (Å²) in [5.41, 5.74) is 1.68. The van der Waals surface area contributed by atoms with E-state index in [0.29, 0.717) is 12.4 Å². The van der Waals surface area contributed by atoms with Gasteiger partial charge in [-0.25, -0.2) is 9.78 Å². The number of carbonyl (C=O) groups excluding carboxylic acids is 1. The minimum Gasteiger partial charge on any atom is -0.460 e. The summed E-state index contributed by atoms with van der Waals surface area (Å²) in [6, 6.07) is 3.63. The fraction of sp³-hybridized carbons (Fsp3) is 0.273. The van der Waals surface area contributed by atoms with E-state index in [2.05, 4.69) is 20.2 Å². The standard InChI is InChI=1S/C11H12N4O2/c1-3-17-11(16)10-13-9(14-15-10)8-4-5-12-7(2)6-8/h4-6H,3H2,1-2H3,(H,13,14,15). The molecule has 6 heteroatoms. The van der Waals surface area contributed by atoms with Gasteiger partial charge in [-0.3, -0.25) is 10.1 Å². The summed E-state index contributed by atoms with van der Waals surface area (Å²) in [4.78, 5) is 19.5. The van der Waals surface area contributed by atoms with Crippen molar-refractivity contribution in [1.82, 2.24) is 20.2 Å². The van der Waals surface area contributed by atoms with Crippen molar-refractivity contribution in [2.24, 2.45) is 0 Å². The molecule has 0 saturated carbocycles. The Morgan fingerprint density at radius 3 is 3.06 bits per heavy atom. The van der Waals surface area contributed by atoms with Crippen LogP contribution in [0.25, 0.3) is 11.4 Å². The van der Waals surface area contributed by atoms with Crippen molar-refractivity contribution >= 4 is 5.97 Å². The Balaban J connectivity index is 2.27. The van der Waals surface area contributed by atoms with Crippen LogP contribution in [0, 0.1) is 6.92 Å². The molecule has 0 unspecified atom stereocenters. The molecule has 0 saturated heterocycles. The number of hydrogen-bond acceptors (Lipinski definition) is 5. The van der Waals surface area contributed by atoms with E-state index in [1.165, 1.54) is 0 Å². The maximum Gasteiger partial charge on any atom is 0.375 e. The normalized spacial score (nSPS) is 10.2. The Morgan fingerprint density at radius 1 is 1.53 bits per heavy atom. The fourth-order valence-corrected chi connectivity index (χ4v) is 1.37. The van der Waals surface area contributed by atoms with E-state index in [1.54, 1.807) is 19.2 Å². The van der Waals surface area contributed by atoms with E-state index < -0.39 is 5.97 Å². The van der Waals surface area contributed by atoms with Gasteiger partial charge in [-0.15, -0.1) is 0 Å². The number of nitrogens with zero attached hydrogens (tertiary/aromatic N) is 3. The third kappa shape index (κ3) is 2.47. The van der Waals surface area contributed by atoms with Gasteiger partial charge in [0.25, 0.3) is 0 Å². The van der Waals surface area contributed by atoms with Crippen LogP contribution >= 0.6 is 0 Å². The van der Waals surface area contributed by atoms with Crippen molar-refractivity contribution in [1.29, 1.82) is 0 Å². The number of aromatic amines is 1. The van der Waals surface area contributed by atoms with Crippen LogP contribution in [0.5, 0.6) is 0 Å².